The minimum atomic E-state index is -0.497. The Labute approximate surface area is 121 Å². The van der Waals surface area contributed by atoms with E-state index in [0.29, 0.717) is 6.54 Å². The van der Waals surface area contributed by atoms with Crippen molar-refractivity contribution in [1.82, 2.24) is 9.55 Å². The highest BCUT2D eigenvalue weighted by Crippen LogP contribution is 2.24. The second-order valence-corrected chi connectivity index (χ2v) is 6.24. The van der Waals surface area contributed by atoms with Crippen molar-refractivity contribution in [2.24, 2.45) is 0 Å². The summed E-state index contributed by atoms with van der Waals surface area (Å²) in [6.45, 7) is 9.20. The molecule has 0 amide bonds. The maximum atomic E-state index is 10.4. The van der Waals surface area contributed by atoms with Gasteiger partial charge in [-0.1, -0.05) is 52.0 Å². The number of benzene rings is 1. The summed E-state index contributed by atoms with van der Waals surface area (Å²) in [5.74, 6) is 1.01. The van der Waals surface area contributed by atoms with Crippen molar-refractivity contribution in [3.63, 3.8) is 0 Å². The van der Waals surface area contributed by atoms with Gasteiger partial charge in [-0.2, -0.15) is 0 Å². The minimum absolute atomic E-state index is 0.142. The fourth-order valence-electron chi connectivity index (χ4n) is 2.32. The first-order chi connectivity index (χ1) is 9.41. The van der Waals surface area contributed by atoms with Crippen LogP contribution >= 0.6 is 0 Å². The lowest BCUT2D eigenvalue weighted by atomic mass is 9.86. The van der Waals surface area contributed by atoms with Crippen molar-refractivity contribution < 1.29 is 5.11 Å². The lowest BCUT2D eigenvalue weighted by Crippen LogP contribution is -2.13. The van der Waals surface area contributed by atoms with Crippen LogP contribution in [0, 0.1) is 0 Å². The molecule has 1 N–H and O–H groups in total. The van der Waals surface area contributed by atoms with Gasteiger partial charge in [0.25, 0.3) is 0 Å². The number of aryl methyl sites for hydroxylation is 1. The molecule has 2 rings (SSSR count). The number of nitrogens with zero attached hydrogens (tertiary/aromatic N) is 2. The maximum Gasteiger partial charge on any atom is 0.108 e. The number of rotatable bonds is 4. The second kappa shape index (κ2) is 5.80. The van der Waals surface area contributed by atoms with E-state index in [9.17, 15) is 5.11 Å². The summed E-state index contributed by atoms with van der Waals surface area (Å²) in [7, 11) is 0. The Kier molecular flexibility index (Phi) is 4.29. The highest BCUT2D eigenvalue weighted by molar-refractivity contribution is 5.28. The van der Waals surface area contributed by atoms with Crippen LogP contribution in [0.4, 0.5) is 0 Å². The predicted octanol–water partition coefficient (Wildman–Crippen LogP) is 3.48. The Morgan fingerprint density at radius 3 is 2.40 bits per heavy atom. The monoisotopic (exact) mass is 272 g/mol. The van der Waals surface area contributed by atoms with E-state index >= 15 is 0 Å². The van der Waals surface area contributed by atoms with Crippen LogP contribution in [0.1, 0.15) is 50.8 Å². The van der Waals surface area contributed by atoms with Crippen molar-refractivity contribution in [3.05, 3.63) is 53.6 Å². The Morgan fingerprint density at radius 1 is 1.20 bits per heavy atom. The summed E-state index contributed by atoms with van der Waals surface area (Å²) in [6, 6.07) is 8.25. The van der Waals surface area contributed by atoms with E-state index in [1.807, 2.05) is 22.9 Å². The van der Waals surface area contributed by atoms with Gasteiger partial charge in [0.2, 0.25) is 0 Å². The first kappa shape index (κ1) is 14.8. The van der Waals surface area contributed by atoms with Crippen LogP contribution in [0.25, 0.3) is 0 Å². The minimum Gasteiger partial charge on any atom is -0.387 e. The van der Waals surface area contributed by atoms with Gasteiger partial charge >= 0.3 is 0 Å². The third-order valence-electron chi connectivity index (χ3n) is 3.65. The van der Waals surface area contributed by atoms with Gasteiger partial charge in [0.1, 0.15) is 5.82 Å². The normalized spacial score (nSPS) is 13.4. The molecule has 1 heterocycles. The number of hydrogen-bond donors (Lipinski definition) is 1. The summed E-state index contributed by atoms with van der Waals surface area (Å²) in [5, 5.41) is 10.4. The van der Waals surface area contributed by atoms with Gasteiger partial charge in [-0.15, -0.1) is 0 Å². The van der Waals surface area contributed by atoms with Gasteiger partial charge in [-0.05, 0) is 16.5 Å². The van der Waals surface area contributed by atoms with Crippen LogP contribution < -0.4 is 0 Å². The second-order valence-electron chi connectivity index (χ2n) is 6.24. The van der Waals surface area contributed by atoms with Crippen molar-refractivity contribution in [1.29, 1.82) is 0 Å². The zero-order valence-corrected chi connectivity index (χ0v) is 12.8. The predicted molar refractivity (Wildman–Crippen MR) is 81.7 cm³/mol. The van der Waals surface area contributed by atoms with Crippen LogP contribution in [-0.2, 0) is 18.4 Å². The summed E-state index contributed by atoms with van der Waals surface area (Å²) < 4.78 is 2.02. The molecule has 3 heteroatoms. The molecule has 0 aliphatic carbocycles. The molecule has 108 valence electrons. The van der Waals surface area contributed by atoms with Crippen molar-refractivity contribution >= 4 is 0 Å². The van der Waals surface area contributed by atoms with Crippen LogP contribution in [0.5, 0.6) is 0 Å². The topological polar surface area (TPSA) is 38.0 Å². The Morgan fingerprint density at radius 2 is 1.85 bits per heavy atom. The van der Waals surface area contributed by atoms with Gasteiger partial charge in [-0.25, -0.2) is 4.98 Å². The van der Waals surface area contributed by atoms with Crippen LogP contribution in [0.15, 0.2) is 36.7 Å². The zero-order valence-electron chi connectivity index (χ0n) is 12.8. The standard InChI is InChI=1S/C17H24N2O/c1-5-16-18-10-11-19(16)12-15(20)13-6-8-14(9-7-13)17(2,3)4/h6-11,15,20H,5,12H2,1-4H3. The molecule has 1 atom stereocenters. The smallest absolute Gasteiger partial charge is 0.108 e. The number of aromatic nitrogens is 2. The summed E-state index contributed by atoms with van der Waals surface area (Å²) in [5.41, 5.74) is 2.38. The molecular weight excluding hydrogens is 248 g/mol. The van der Waals surface area contributed by atoms with Gasteiger partial charge in [0.15, 0.2) is 0 Å². The molecule has 0 saturated heterocycles. The van der Waals surface area contributed by atoms with Crippen molar-refractivity contribution in [2.75, 3.05) is 0 Å². The first-order valence-corrected chi connectivity index (χ1v) is 7.20. The Bertz CT molecular complexity index is 549. The van der Waals surface area contributed by atoms with Crippen LogP contribution in [0.2, 0.25) is 0 Å². The maximum absolute atomic E-state index is 10.4. The fraction of sp³-hybridized carbons (Fsp3) is 0.471. The zero-order chi connectivity index (χ0) is 14.8. The molecule has 0 spiro atoms. The summed E-state index contributed by atoms with van der Waals surface area (Å²) in [6.07, 6.45) is 4.09. The van der Waals surface area contributed by atoms with Crippen molar-refractivity contribution in [2.45, 2.75) is 52.2 Å². The molecule has 20 heavy (non-hydrogen) atoms. The first-order valence-electron chi connectivity index (χ1n) is 7.20. The molecule has 3 nitrogen and oxygen atoms in total. The molecule has 0 radical (unpaired) electrons. The van der Waals surface area contributed by atoms with E-state index in [2.05, 4.69) is 44.8 Å². The van der Waals surface area contributed by atoms with E-state index in [4.69, 9.17) is 0 Å². The average molecular weight is 272 g/mol. The SMILES string of the molecule is CCc1nccn1CC(O)c1ccc(C(C)(C)C)cc1. The van der Waals surface area contributed by atoms with Gasteiger partial charge in [0.05, 0.1) is 12.6 Å². The van der Waals surface area contributed by atoms with Gasteiger partial charge in [0, 0.05) is 18.8 Å². The number of aliphatic hydroxyl groups is 1. The Balaban J connectivity index is 2.12. The quantitative estimate of drug-likeness (QED) is 0.925. The van der Waals surface area contributed by atoms with E-state index in [1.165, 1.54) is 5.56 Å². The number of aliphatic hydroxyl groups excluding tert-OH is 1. The highest BCUT2D eigenvalue weighted by Gasteiger charge is 2.15. The molecule has 0 saturated carbocycles. The van der Waals surface area contributed by atoms with E-state index < -0.39 is 6.10 Å². The third-order valence-corrected chi connectivity index (χ3v) is 3.65. The molecule has 1 aromatic heterocycles. The fourth-order valence-corrected chi connectivity index (χ4v) is 2.32. The average Bonchev–Trinajstić information content (AvgIpc) is 2.85. The molecule has 1 unspecified atom stereocenters. The van der Waals surface area contributed by atoms with E-state index in [0.717, 1.165) is 17.8 Å². The highest BCUT2D eigenvalue weighted by atomic mass is 16.3. The van der Waals surface area contributed by atoms with Gasteiger partial charge < -0.3 is 9.67 Å². The summed E-state index contributed by atoms with van der Waals surface area (Å²) >= 11 is 0. The Hall–Kier alpha value is -1.61. The van der Waals surface area contributed by atoms with Crippen molar-refractivity contribution in [3.8, 4) is 0 Å². The molecular formula is C17H24N2O. The summed E-state index contributed by atoms with van der Waals surface area (Å²) in [4.78, 5) is 4.28. The molecule has 0 aliphatic heterocycles. The molecule has 1 aromatic carbocycles. The lowest BCUT2D eigenvalue weighted by molar-refractivity contribution is 0.155. The van der Waals surface area contributed by atoms with Crippen LogP contribution in [0.3, 0.4) is 0 Å². The number of imidazole rings is 1. The molecule has 0 aliphatic rings. The van der Waals surface area contributed by atoms with E-state index in [-0.39, 0.29) is 5.41 Å². The van der Waals surface area contributed by atoms with Gasteiger partial charge in [-0.3, -0.25) is 0 Å². The van der Waals surface area contributed by atoms with E-state index in [1.54, 1.807) is 6.20 Å². The lowest BCUT2D eigenvalue weighted by Gasteiger charge is -2.20. The largest absolute Gasteiger partial charge is 0.387 e. The molecule has 0 bridgehead atoms. The molecule has 0 fully saturated rings. The van der Waals surface area contributed by atoms with Crippen LogP contribution in [-0.4, -0.2) is 14.7 Å². The molecule has 2 aromatic rings. The number of hydrogen-bond acceptors (Lipinski definition) is 2. The third kappa shape index (κ3) is 3.28.